The molecular weight excluding hydrogens is 231 g/mol. The summed E-state index contributed by atoms with van der Waals surface area (Å²) in [5.41, 5.74) is 0.774. The number of rotatable bonds is 4. The van der Waals surface area contributed by atoms with Crippen LogP contribution in [0.4, 0.5) is 4.39 Å². The average Bonchev–Trinajstić information content (AvgIpc) is 2.17. The van der Waals surface area contributed by atoms with Crippen LogP contribution in [-0.4, -0.2) is 12.6 Å². The van der Waals surface area contributed by atoms with E-state index in [0.717, 1.165) is 0 Å². The minimum absolute atomic E-state index is 0.00727. The number of halogens is 2. The first-order valence-electron chi connectivity index (χ1n) is 4.84. The van der Waals surface area contributed by atoms with Crippen LogP contribution >= 0.6 is 11.6 Å². The summed E-state index contributed by atoms with van der Waals surface area (Å²) < 4.78 is 18.2. The van der Waals surface area contributed by atoms with E-state index in [1.54, 1.807) is 13.0 Å². The smallest absolute Gasteiger partial charge is 0.310 e. The third-order valence-electron chi connectivity index (χ3n) is 2.02. The normalized spacial score (nSPS) is 9.94. The molecule has 0 aromatic heterocycles. The van der Waals surface area contributed by atoms with Gasteiger partial charge in [0.2, 0.25) is 0 Å². The number of carbonyl (C=O) groups excluding carboxylic acids is 1. The van der Waals surface area contributed by atoms with Crippen LogP contribution < -0.4 is 0 Å². The van der Waals surface area contributed by atoms with Gasteiger partial charge in [-0.15, -0.1) is 0 Å². The molecule has 0 saturated carbocycles. The number of hydrogen-bond acceptors (Lipinski definition) is 2. The fourth-order valence-corrected chi connectivity index (χ4v) is 1.61. The van der Waals surface area contributed by atoms with Gasteiger partial charge in [0.1, 0.15) is 5.82 Å². The zero-order valence-corrected chi connectivity index (χ0v) is 9.68. The number of hydrogen-bond donors (Lipinski definition) is 0. The second-order valence-corrected chi connectivity index (χ2v) is 3.58. The topological polar surface area (TPSA) is 26.3 Å². The van der Waals surface area contributed by atoms with Gasteiger partial charge in [-0.2, -0.15) is 0 Å². The Morgan fingerprint density at radius 3 is 2.88 bits per heavy atom. The van der Waals surface area contributed by atoms with E-state index in [2.05, 4.69) is 6.58 Å². The van der Waals surface area contributed by atoms with Crippen LogP contribution in [0.5, 0.6) is 0 Å². The van der Waals surface area contributed by atoms with E-state index >= 15 is 0 Å². The molecule has 0 heterocycles. The first-order chi connectivity index (χ1) is 7.58. The van der Waals surface area contributed by atoms with Crippen molar-refractivity contribution in [2.24, 2.45) is 0 Å². The Hall–Kier alpha value is -1.35. The van der Waals surface area contributed by atoms with E-state index in [-0.39, 0.29) is 17.0 Å². The zero-order valence-electron chi connectivity index (χ0n) is 8.93. The molecule has 4 heteroatoms. The predicted molar refractivity (Wildman–Crippen MR) is 61.8 cm³/mol. The first-order valence-corrected chi connectivity index (χ1v) is 5.22. The van der Waals surface area contributed by atoms with Crippen LogP contribution in [0.3, 0.4) is 0 Å². The lowest BCUT2D eigenvalue weighted by Gasteiger charge is -2.07. The Morgan fingerprint density at radius 1 is 1.62 bits per heavy atom. The Balaban J connectivity index is 3.02. The largest absolute Gasteiger partial charge is 0.466 e. The third-order valence-corrected chi connectivity index (χ3v) is 2.24. The summed E-state index contributed by atoms with van der Waals surface area (Å²) >= 11 is 5.71. The van der Waals surface area contributed by atoms with E-state index in [1.165, 1.54) is 12.1 Å². The molecule has 0 spiro atoms. The van der Waals surface area contributed by atoms with Crippen LogP contribution in [0.15, 0.2) is 18.7 Å². The molecule has 0 aliphatic rings. The minimum atomic E-state index is -0.484. The molecular formula is C12H12ClFO2. The van der Waals surface area contributed by atoms with Gasteiger partial charge in [-0.05, 0) is 24.6 Å². The maximum Gasteiger partial charge on any atom is 0.310 e. The molecule has 0 N–H and O–H groups in total. The third kappa shape index (κ3) is 3.07. The highest BCUT2D eigenvalue weighted by atomic mass is 35.5. The van der Waals surface area contributed by atoms with Gasteiger partial charge in [0.25, 0.3) is 0 Å². The summed E-state index contributed by atoms with van der Waals surface area (Å²) in [6, 6.07) is 2.73. The van der Waals surface area contributed by atoms with Crippen LogP contribution in [-0.2, 0) is 16.0 Å². The number of esters is 1. The van der Waals surface area contributed by atoms with Gasteiger partial charge in [-0.1, -0.05) is 24.3 Å². The molecule has 0 fully saturated rings. The van der Waals surface area contributed by atoms with E-state index in [0.29, 0.717) is 12.2 Å². The van der Waals surface area contributed by atoms with Crippen molar-refractivity contribution in [1.29, 1.82) is 0 Å². The van der Waals surface area contributed by atoms with Gasteiger partial charge in [0, 0.05) is 10.6 Å². The molecule has 0 aliphatic carbocycles. The Labute approximate surface area is 98.7 Å². The van der Waals surface area contributed by atoms with Gasteiger partial charge in [-0.25, -0.2) is 4.39 Å². The maximum absolute atomic E-state index is 13.4. The van der Waals surface area contributed by atoms with E-state index in [4.69, 9.17) is 16.3 Å². The molecule has 0 saturated heterocycles. The van der Waals surface area contributed by atoms with E-state index in [9.17, 15) is 9.18 Å². The van der Waals surface area contributed by atoms with Crippen LogP contribution in [0.25, 0.3) is 6.08 Å². The minimum Gasteiger partial charge on any atom is -0.466 e. The van der Waals surface area contributed by atoms with Gasteiger partial charge >= 0.3 is 5.97 Å². The summed E-state index contributed by atoms with van der Waals surface area (Å²) in [6.45, 7) is 5.51. The van der Waals surface area contributed by atoms with Crippen molar-refractivity contribution >= 4 is 23.6 Å². The van der Waals surface area contributed by atoms with Crippen LogP contribution in [0.2, 0.25) is 5.02 Å². The molecule has 16 heavy (non-hydrogen) atoms. The molecule has 1 aromatic carbocycles. The average molecular weight is 243 g/mol. The van der Waals surface area contributed by atoms with Crippen molar-refractivity contribution in [1.82, 2.24) is 0 Å². The van der Waals surface area contributed by atoms with Gasteiger partial charge in [0.15, 0.2) is 0 Å². The number of ether oxygens (including phenoxy) is 1. The van der Waals surface area contributed by atoms with Crippen molar-refractivity contribution < 1.29 is 13.9 Å². The lowest BCUT2D eigenvalue weighted by Crippen LogP contribution is -2.09. The van der Waals surface area contributed by atoms with E-state index < -0.39 is 11.8 Å². The van der Waals surface area contributed by atoms with Crippen molar-refractivity contribution in [3.8, 4) is 0 Å². The molecule has 1 rings (SSSR count). The summed E-state index contributed by atoms with van der Waals surface area (Å²) in [6.07, 6.45) is 1.35. The fourth-order valence-electron chi connectivity index (χ4n) is 1.38. The van der Waals surface area contributed by atoms with Crippen molar-refractivity contribution in [2.75, 3.05) is 6.61 Å². The quantitative estimate of drug-likeness (QED) is 0.758. The second-order valence-electron chi connectivity index (χ2n) is 3.15. The lowest BCUT2D eigenvalue weighted by atomic mass is 10.0. The lowest BCUT2D eigenvalue weighted by molar-refractivity contribution is -0.142. The summed E-state index contributed by atoms with van der Waals surface area (Å²) in [4.78, 5) is 11.3. The molecule has 0 amide bonds. The van der Waals surface area contributed by atoms with Crippen molar-refractivity contribution in [2.45, 2.75) is 13.3 Å². The van der Waals surface area contributed by atoms with Crippen LogP contribution in [0, 0.1) is 5.82 Å². The number of benzene rings is 1. The Kier molecular flexibility index (Phi) is 4.50. The molecule has 1 aromatic rings. The SMILES string of the molecule is C=Cc1c(F)cc(Cl)cc1CC(=O)OCC. The Bertz CT molecular complexity index is 416. The van der Waals surface area contributed by atoms with Gasteiger partial charge in [-0.3, -0.25) is 4.79 Å². The molecule has 0 radical (unpaired) electrons. The highest BCUT2D eigenvalue weighted by molar-refractivity contribution is 6.30. The molecule has 86 valence electrons. The fraction of sp³-hybridized carbons (Fsp3) is 0.250. The van der Waals surface area contributed by atoms with E-state index in [1.807, 2.05) is 0 Å². The van der Waals surface area contributed by atoms with Gasteiger partial charge < -0.3 is 4.74 Å². The van der Waals surface area contributed by atoms with Crippen molar-refractivity contribution in [3.63, 3.8) is 0 Å². The standard InChI is InChI=1S/C12H12ClFO2/c1-3-10-8(6-12(15)16-4-2)5-9(13)7-11(10)14/h3,5,7H,1,4,6H2,2H3. The molecule has 0 aliphatic heterocycles. The zero-order chi connectivity index (χ0) is 12.1. The van der Waals surface area contributed by atoms with Crippen molar-refractivity contribution in [3.05, 3.63) is 40.7 Å². The first kappa shape index (κ1) is 12.7. The molecule has 0 atom stereocenters. The molecule has 0 unspecified atom stereocenters. The monoisotopic (exact) mass is 242 g/mol. The second kappa shape index (κ2) is 5.66. The highest BCUT2D eigenvalue weighted by Crippen LogP contribution is 2.21. The molecule has 0 bridgehead atoms. The highest BCUT2D eigenvalue weighted by Gasteiger charge is 2.12. The summed E-state index contributed by atoms with van der Waals surface area (Å²) in [5.74, 6) is -0.894. The van der Waals surface area contributed by atoms with Gasteiger partial charge in [0.05, 0.1) is 13.0 Å². The van der Waals surface area contributed by atoms with Crippen LogP contribution in [0.1, 0.15) is 18.1 Å². The molecule has 2 nitrogen and oxygen atoms in total. The predicted octanol–water partition coefficient (Wildman–Crippen LogP) is 3.23. The summed E-state index contributed by atoms with van der Waals surface area (Å²) in [5, 5.41) is 0.252. The maximum atomic E-state index is 13.4. The summed E-state index contributed by atoms with van der Waals surface area (Å²) in [7, 11) is 0. The Morgan fingerprint density at radius 2 is 2.31 bits per heavy atom. The number of carbonyl (C=O) groups is 1.